The first kappa shape index (κ1) is 32.6. The predicted octanol–water partition coefficient (Wildman–Crippen LogP) is 8.35. The highest BCUT2D eigenvalue weighted by Gasteiger charge is 2.33. The topological polar surface area (TPSA) is 103 Å². The van der Waals surface area contributed by atoms with Gasteiger partial charge in [-0.2, -0.15) is 5.26 Å². The zero-order chi connectivity index (χ0) is 33.6. The monoisotopic (exact) mass is 703 g/mol. The van der Waals surface area contributed by atoms with Crippen LogP contribution in [0.2, 0.25) is 10.0 Å². The lowest BCUT2D eigenvalue weighted by molar-refractivity contribution is 0.0570. The van der Waals surface area contributed by atoms with Crippen molar-refractivity contribution in [1.82, 2.24) is 25.9 Å². The number of hydrogen-bond acceptors (Lipinski definition) is 10. The number of nitrogens with zero attached hydrogens (tertiary/aromatic N) is 4. The average molecular weight is 705 g/mol. The maximum absolute atomic E-state index is 13.9. The Labute approximate surface area is 293 Å². The molecule has 13 heteroatoms. The van der Waals surface area contributed by atoms with E-state index in [4.69, 9.17) is 23.2 Å². The van der Waals surface area contributed by atoms with Crippen LogP contribution in [0.25, 0.3) is 10.9 Å². The van der Waals surface area contributed by atoms with Crippen LogP contribution in [0, 0.1) is 17.1 Å². The molecule has 0 aliphatic carbocycles. The van der Waals surface area contributed by atoms with Crippen molar-refractivity contribution in [3.05, 3.63) is 93.6 Å². The molecule has 3 aliphatic rings. The maximum Gasteiger partial charge on any atom is 0.141 e. The summed E-state index contributed by atoms with van der Waals surface area (Å²) in [6, 6.07) is 16.7. The van der Waals surface area contributed by atoms with Gasteiger partial charge in [-0.05, 0) is 75.6 Å². The number of anilines is 4. The number of aromatic nitrogens is 1. The lowest BCUT2D eigenvalue weighted by Crippen LogP contribution is -2.52. The van der Waals surface area contributed by atoms with Crippen LogP contribution in [0.5, 0.6) is 0 Å². The highest BCUT2D eigenvalue weighted by atomic mass is 35.5. The summed E-state index contributed by atoms with van der Waals surface area (Å²) in [6.07, 6.45) is 5.76. The second kappa shape index (κ2) is 13.2. The number of rotatable bonds is 7. The third-order valence-corrected chi connectivity index (χ3v) is 10.7. The van der Waals surface area contributed by atoms with E-state index in [1.165, 1.54) is 23.2 Å². The van der Waals surface area contributed by atoms with Crippen LogP contribution in [0.4, 0.5) is 27.1 Å². The van der Waals surface area contributed by atoms with Crippen LogP contribution in [0.3, 0.4) is 0 Å². The van der Waals surface area contributed by atoms with Gasteiger partial charge in [0, 0.05) is 64.4 Å². The van der Waals surface area contributed by atoms with Gasteiger partial charge in [-0.3, -0.25) is 14.9 Å². The number of fused-ring (bicyclic) bond motifs is 2. The van der Waals surface area contributed by atoms with Gasteiger partial charge in [0.25, 0.3) is 0 Å². The number of nitriles is 1. The molecule has 0 saturated carbocycles. The highest BCUT2D eigenvalue weighted by Crippen LogP contribution is 2.43. The normalized spacial score (nSPS) is 17.4. The standard InChI is InChI=1S/C35H36Cl2FN9S/c1-35(2,3)46-11-9-23(10-12-46)47-18-30(44-45-47)33(24-5-4-6-29-34(24)48-19-41-29)43-22-13-25-31(42-21-7-8-28(38)26(36)14-21)20(16-39)17-40-32(25)27(37)15-22/h4-8,13-15,17-18,23,33,41,43-45H,9-12,19H2,1-3H3,(H,40,42)/t33-/m0/s1. The molecule has 4 heterocycles. The van der Waals surface area contributed by atoms with E-state index < -0.39 is 5.82 Å². The number of pyridine rings is 1. The summed E-state index contributed by atoms with van der Waals surface area (Å²) in [5.74, 6) is 0.275. The second-order valence-corrected chi connectivity index (χ2v) is 15.0. The summed E-state index contributed by atoms with van der Waals surface area (Å²) in [5, 5.41) is 23.7. The Kier molecular flexibility index (Phi) is 8.96. The molecule has 0 spiro atoms. The van der Waals surface area contributed by atoms with E-state index >= 15 is 0 Å². The first-order valence-corrected chi connectivity index (χ1v) is 17.6. The van der Waals surface area contributed by atoms with Crippen LogP contribution in [0.1, 0.15) is 50.8 Å². The lowest BCUT2D eigenvalue weighted by Gasteiger charge is -2.42. The zero-order valence-corrected chi connectivity index (χ0v) is 29.1. The number of hydrazine groups is 2. The number of likely N-dealkylation sites (tertiary alicyclic amines) is 1. The van der Waals surface area contributed by atoms with Crippen LogP contribution in [0.15, 0.2) is 71.5 Å². The summed E-state index contributed by atoms with van der Waals surface area (Å²) < 4.78 is 13.9. The van der Waals surface area contributed by atoms with Gasteiger partial charge in [0.15, 0.2) is 0 Å². The molecule has 0 amide bonds. The highest BCUT2D eigenvalue weighted by molar-refractivity contribution is 8.00. The summed E-state index contributed by atoms with van der Waals surface area (Å²) in [5.41, 5.74) is 12.8. The average Bonchev–Trinajstić information content (AvgIpc) is 3.76. The van der Waals surface area contributed by atoms with Crippen molar-refractivity contribution in [2.24, 2.45) is 0 Å². The Morgan fingerprint density at radius 2 is 1.88 bits per heavy atom. The van der Waals surface area contributed by atoms with E-state index in [0.29, 0.717) is 38.9 Å². The SMILES string of the molecule is CC(C)(C)N1CCC(N2C=C([C@@H](Nc3cc(Cl)c4ncc(C#N)c(Nc5ccc(F)c(Cl)c5)c4c3)c3cccc4c3SCN4)NN2)CC1. The second-order valence-electron chi connectivity index (χ2n) is 13.2. The smallest absolute Gasteiger partial charge is 0.141 e. The Morgan fingerprint density at radius 1 is 1.08 bits per heavy atom. The van der Waals surface area contributed by atoms with Gasteiger partial charge in [0.1, 0.15) is 11.9 Å². The molecule has 9 nitrogen and oxygen atoms in total. The number of hydrogen-bond donors (Lipinski definition) is 5. The van der Waals surface area contributed by atoms with E-state index in [1.807, 2.05) is 12.1 Å². The Balaban J connectivity index is 1.25. The molecule has 4 aromatic rings. The first-order chi connectivity index (χ1) is 23.1. The third-order valence-electron chi connectivity index (χ3n) is 9.11. The van der Waals surface area contributed by atoms with E-state index in [2.05, 4.69) is 93.0 Å². The predicted molar refractivity (Wildman–Crippen MR) is 194 cm³/mol. The summed E-state index contributed by atoms with van der Waals surface area (Å²) >= 11 is 14.7. The lowest BCUT2D eigenvalue weighted by atomic mass is 9.97. The van der Waals surface area contributed by atoms with Crippen LogP contribution < -0.4 is 26.9 Å². The first-order valence-electron chi connectivity index (χ1n) is 15.9. The van der Waals surface area contributed by atoms with Gasteiger partial charge in [-0.15, -0.1) is 17.3 Å². The minimum absolute atomic E-state index is 0.0254. The Bertz CT molecular complexity index is 1950. The van der Waals surface area contributed by atoms with Gasteiger partial charge in [-0.25, -0.2) is 4.39 Å². The molecule has 1 saturated heterocycles. The summed E-state index contributed by atoms with van der Waals surface area (Å²) in [7, 11) is 0. The van der Waals surface area contributed by atoms with Crippen molar-refractivity contribution < 1.29 is 4.39 Å². The molecule has 7 rings (SSSR count). The van der Waals surface area contributed by atoms with Crippen molar-refractivity contribution in [3.63, 3.8) is 0 Å². The molecule has 3 aliphatic heterocycles. The molecule has 5 N–H and O–H groups in total. The fourth-order valence-corrected chi connectivity index (χ4v) is 8.01. The number of halogens is 3. The van der Waals surface area contributed by atoms with E-state index in [-0.39, 0.29) is 16.6 Å². The zero-order valence-electron chi connectivity index (χ0n) is 26.8. The molecule has 0 bridgehead atoms. The summed E-state index contributed by atoms with van der Waals surface area (Å²) in [6.45, 7) is 8.91. The third kappa shape index (κ3) is 6.43. The molecular weight excluding hydrogens is 668 g/mol. The number of benzene rings is 3. The molecule has 1 aromatic heterocycles. The Hall–Kier alpha value is -3.92. The van der Waals surface area contributed by atoms with Gasteiger partial charge in [-0.1, -0.05) is 35.3 Å². The van der Waals surface area contributed by atoms with Crippen molar-refractivity contribution >= 4 is 68.6 Å². The van der Waals surface area contributed by atoms with Gasteiger partial charge in [0.05, 0.1) is 44.4 Å². The van der Waals surface area contributed by atoms with Crippen molar-refractivity contribution in [2.45, 2.75) is 56.1 Å². The largest absolute Gasteiger partial charge is 0.375 e. The minimum atomic E-state index is -0.526. The van der Waals surface area contributed by atoms with Gasteiger partial charge >= 0.3 is 0 Å². The van der Waals surface area contributed by atoms with E-state index in [0.717, 1.165) is 54.4 Å². The van der Waals surface area contributed by atoms with Crippen molar-refractivity contribution in [2.75, 3.05) is 34.9 Å². The molecular formula is C35H36Cl2FN9S. The molecule has 48 heavy (non-hydrogen) atoms. The maximum atomic E-state index is 13.9. The number of thioether (sulfide) groups is 1. The summed E-state index contributed by atoms with van der Waals surface area (Å²) in [4.78, 5) is 8.24. The molecule has 1 atom stereocenters. The molecule has 1 fully saturated rings. The molecule has 0 unspecified atom stereocenters. The molecule has 248 valence electrons. The molecule has 3 aromatic carbocycles. The minimum Gasteiger partial charge on any atom is -0.375 e. The Morgan fingerprint density at radius 3 is 2.62 bits per heavy atom. The molecule has 0 radical (unpaired) electrons. The van der Waals surface area contributed by atoms with Crippen molar-refractivity contribution in [3.8, 4) is 6.07 Å². The fourth-order valence-electron chi connectivity index (χ4n) is 6.54. The number of nitrogens with one attached hydrogen (secondary N) is 5. The van der Waals surface area contributed by atoms with Crippen LogP contribution in [-0.2, 0) is 0 Å². The van der Waals surface area contributed by atoms with E-state index in [1.54, 1.807) is 17.8 Å². The van der Waals surface area contributed by atoms with Crippen LogP contribution >= 0.6 is 35.0 Å². The number of piperidine rings is 1. The van der Waals surface area contributed by atoms with Gasteiger partial charge < -0.3 is 21.4 Å². The van der Waals surface area contributed by atoms with E-state index in [9.17, 15) is 9.65 Å². The van der Waals surface area contributed by atoms with Crippen molar-refractivity contribution in [1.29, 1.82) is 5.26 Å². The van der Waals surface area contributed by atoms with Crippen LogP contribution in [-0.4, -0.2) is 45.4 Å². The fraction of sp³-hybridized carbons (Fsp3) is 0.314. The van der Waals surface area contributed by atoms with Gasteiger partial charge in [0.2, 0.25) is 0 Å². The quantitative estimate of drug-likeness (QED) is 0.129.